The van der Waals surface area contributed by atoms with Gasteiger partial charge in [0.15, 0.2) is 5.96 Å². The van der Waals surface area contributed by atoms with Crippen molar-refractivity contribution in [2.24, 2.45) is 4.99 Å². The Kier molecular flexibility index (Phi) is 8.59. The van der Waals surface area contributed by atoms with Crippen molar-refractivity contribution in [3.05, 3.63) is 47.8 Å². The first-order chi connectivity index (χ1) is 10.2. The van der Waals surface area contributed by atoms with Gasteiger partial charge in [-0.05, 0) is 36.6 Å². The number of guanidine groups is 1. The first-order valence-electron chi connectivity index (χ1n) is 7.05. The Labute approximate surface area is 131 Å². The van der Waals surface area contributed by atoms with E-state index in [0.717, 1.165) is 48.1 Å². The van der Waals surface area contributed by atoms with E-state index in [1.54, 1.807) is 13.1 Å². The fourth-order valence-electron chi connectivity index (χ4n) is 1.88. The van der Waals surface area contributed by atoms with E-state index in [1.807, 2.05) is 30.8 Å². The molecule has 5 heteroatoms. The molecule has 0 saturated carbocycles. The Bertz CT molecular complexity index is 475. The van der Waals surface area contributed by atoms with Crippen molar-refractivity contribution in [3.63, 3.8) is 0 Å². The highest BCUT2D eigenvalue weighted by Gasteiger charge is 2.01. The summed E-state index contributed by atoms with van der Waals surface area (Å²) in [6.07, 6.45) is 2.75. The van der Waals surface area contributed by atoms with Gasteiger partial charge in [-0.3, -0.25) is 4.99 Å². The number of aliphatic imine (C=N–C) groups is 1. The lowest BCUT2D eigenvalue weighted by Gasteiger charge is -2.12. The molecule has 0 amide bonds. The summed E-state index contributed by atoms with van der Waals surface area (Å²) in [5.74, 6) is 2.61. The number of thioether (sulfide) groups is 1. The molecule has 116 valence electrons. The van der Waals surface area contributed by atoms with E-state index >= 15 is 0 Å². The molecule has 0 spiro atoms. The van der Waals surface area contributed by atoms with Crippen LogP contribution in [0.3, 0.4) is 0 Å². The van der Waals surface area contributed by atoms with Gasteiger partial charge in [0, 0.05) is 31.6 Å². The molecule has 2 N–H and O–H groups in total. The predicted octanol–water partition coefficient (Wildman–Crippen LogP) is 2.76. The van der Waals surface area contributed by atoms with Crippen LogP contribution in [0.15, 0.2) is 35.8 Å². The summed E-state index contributed by atoms with van der Waals surface area (Å²) >= 11 is 1.83. The zero-order valence-corrected chi connectivity index (χ0v) is 13.6. The van der Waals surface area contributed by atoms with Crippen molar-refractivity contribution in [1.29, 1.82) is 0 Å². The maximum Gasteiger partial charge on any atom is 0.191 e. The van der Waals surface area contributed by atoms with Crippen LogP contribution in [0.5, 0.6) is 0 Å². The van der Waals surface area contributed by atoms with Crippen LogP contribution in [0.4, 0.5) is 4.39 Å². The molecule has 0 aliphatic carbocycles. The molecule has 1 aromatic carbocycles. The lowest BCUT2D eigenvalue weighted by molar-refractivity contribution is 0.625. The maximum absolute atomic E-state index is 13.0. The van der Waals surface area contributed by atoms with Gasteiger partial charge in [0.1, 0.15) is 5.82 Å². The normalized spacial score (nSPS) is 11.3. The van der Waals surface area contributed by atoms with Gasteiger partial charge in [-0.2, -0.15) is 11.8 Å². The Morgan fingerprint density at radius 2 is 2.14 bits per heavy atom. The highest BCUT2D eigenvalue weighted by Crippen LogP contribution is 2.10. The van der Waals surface area contributed by atoms with Gasteiger partial charge < -0.3 is 10.6 Å². The molecule has 0 aliphatic heterocycles. The third-order valence-electron chi connectivity index (χ3n) is 2.99. The third-order valence-corrected chi connectivity index (χ3v) is 3.95. The summed E-state index contributed by atoms with van der Waals surface area (Å²) in [6, 6.07) is 4.92. The number of benzene rings is 1. The second-order valence-electron chi connectivity index (χ2n) is 4.61. The molecule has 0 radical (unpaired) electrons. The van der Waals surface area contributed by atoms with Crippen molar-refractivity contribution in [2.45, 2.75) is 13.3 Å². The summed E-state index contributed by atoms with van der Waals surface area (Å²) in [5, 5.41) is 6.53. The number of hydrogen-bond acceptors (Lipinski definition) is 2. The molecule has 1 aromatic rings. The van der Waals surface area contributed by atoms with E-state index in [4.69, 9.17) is 0 Å². The van der Waals surface area contributed by atoms with Crippen LogP contribution in [-0.2, 0) is 6.42 Å². The Balaban J connectivity index is 2.27. The monoisotopic (exact) mass is 309 g/mol. The minimum Gasteiger partial charge on any atom is -0.356 e. The standard InChI is InChI=1S/C16H24FN3S/c1-4-10-21-11-9-20-16(18-3)19-8-7-14-5-6-15(17)12-13(14)2/h4-6,12H,1,7-11H2,2-3H3,(H2,18,19,20). The topological polar surface area (TPSA) is 36.4 Å². The molecule has 0 heterocycles. The number of aryl methyl sites for hydroxylation is 1. The second kappa shape index (κ2) is 10.3. The average molecular weight is 309 g/mol. The summed E-state index contributed by atoms with van der Waals surface area (Å²) < 4.78 is 13.0. The predicted molar refractivity (Wildman–Crippen MR) is 91.7 cm³/mol. The molecule has 3 nitrogen and oxygen atoms in total. The number of hydrogen-bond donors (Lipinski definition) is 2. The molecular formula is C16H24FN3S. The Morgan fingerprint density at radius 3 is 2.81 bits per heavy atom. The number of nitrogens with zero attached hydrogens (tertiary/aromatic N) is 1. The van der Waals surface area contributed by atoms with Crippen LogP contribution in [0.25, 0.3) is 0 Å². The second-order valence-corrected chi connectivity index (χ2v) is 5.76. The van der Waals surface area contributed by atoms with Crippen LogP contribution in [0, 0.1) is 12.7 Å². The summed E-state index contributed by atoms with van der Waals surface area (Å²) in [5.41, 5.74) is 2.14. The van der Waals surface area contributed by atoms with Gasteiger partial charge in [-0.15, -0.1) is 6.58 Å². The zero-order chi connectivity index (χ0) is 15.5. The molecular weight excluding hydrogens is 285 g/mol. The quantitative estimate of drug-likeness (QED) is 0.335. The zero-order valence-electron chi connectivity index (χ0n) is 12.8. The van der Waals surface area contributed by atoms with Gasteiger partial charge in [-0.25, -0.2) is 4.39 Å². The number of rotatable bonds is 8. The van der Waals surface area contributed by atoms with E-state index in [9.17, 15) is 4.39 Å². The fourth-order valence-corrected chi connectivity index (χ4v) is 2.46. The van der Waals surface area contributed by atoms with Gasteiger partial charge in [0.05, 0.1) is 0 Å². The first-order valence-corrected chi connectivity index (χ1v) is 8.21. The molecule has 21 heavy (non-hydrogen) atoms. The minimum atomic E-state index is -0.182. The molecule has 0 unspecified atom stereocenters. The third kappa shape index (κ3) is 7.18. The molecule has 1 rings (SSSR count). The minimum absolute atomic E-state index is 0.182. The largest absolute Gasteiger partial charge is 0.356 e. The molecule has 0 atom stereocenters. The first kappa shape index (κ1) is 17.6. The van der Waals surface area contributed by atoms with E-state index in [2.05, 4.69) is 22.2 Å². The van der Waals surface area contributed by atoms with Crippen LogP contribution in [0.2, 0.25) is 0 Å². The van der Waals surface area contributed by atoms with Crippen LogP contribution in [-0.4, -0.2) is 37.6 Å². The molecule has 0 aliphatic rings. The summed E-state index contributed by atoms with van der Waals surface area (Å²) in [6.45, 7) is 7.26. The Morgan fingerprint density at radius 1 is 1.38 bits per heavy atom. The SMILES string of the molecule is C=CCSCCNC(=NC)NCCc1ccc(F)cc1C. The van der Waals surface area contributed by atoms with Crippen LogP contribution in [0.1, 0.15) is 11.1 Å². The fraction of sp³-hybridized carbons (Fsp3) is 0.438. The number of nitrogens with one attached hydrogen (secondary N) is 2. The summed E-state index contributed by atoms with van der Waals surface area (Å²) in [4.78, 5) is 4.18. The number of halogens is 1. The van der Waals surface area contributed by atoms with Crippen LogP contribution < -0.4 is 10.6 Å². The molecule has 0 aromatic heterocycles. The lowest BCUT2D eigenvalue weighted by Crippen LogP contribution is -2.39. The maximum atomic E-state index is 13.0. The smallest absolute Gasteiger partial charge is 0.191 e. The van der Waals surface area contributed by atoms with Crippen molar-refractivity contribution < 1.29 is 4.39 Å². The van der Waals surface area contributed by atoms with Crippen molar-refractivity contribution >= 4 is 17.7 Å². The van der Waals surface area contributed by atoms with E-state index < -0.39 is 0 Å². The van der Waals surface area contributed by atoms with E-state index in [0.29, 0.717) is 0 Å². The summed E-state index contributed by atoms with van der Waals surface area (Å²) in [7, 11) is 1.76. The van der Waals surface area contributed by atoms with Gasteiger partial charge in [-0.1, -0.05) is 12.1 Å². The van der Waals surface area contributed by atoms with E-state index in [1.165, 1.54) is 6.07 Å². The lowest BCUT2D eigenvalue weighted by atomic mass is 10.1. The highest BCUT2D eigenvalue weighted by molar-refractivity contribution is 7.99. The van der Waals surface area contributed by atoms with Crippen molar-refractivity contribution in [1.82, 2.24) is 10.6 Å². The van der Waals surface area contributed by atoms with Gasteiger partial charge in [0.2, 0.25) is 0 Å². The van der Waals surface area contributed by atoms with Crippen LogP contribution >= 0.6 is 11.8 Å². The Hall–Kier alpha value is -1.49. The highest BCUT2D eigenvalue weighted by atomic mass is 32.2. The molecule has 0 fully saturated rings. The van der Waals surface area contributed by atoms with Gasteiger partial charge in [0.25, 0.3) is 0 Å². The average Bonchev–Trinajstić information content (AvgIpc) is 2.47. The van der Waals surface area contributed by atoms with Crippen molar-refractivity contribution in [3.8, 4) is 0 Å². The van der Waals surface area contributed by atoms with Crippen molar-refractivity contribution in [2.75, 3.05) is 31.6 Å². The van der Waals surface area contributed by atoms with Gasteiger partial charge >= 0.3 is 0 Å². The molecule has 0 bridgehead atoms. The molecule has 0 saturated heterocycles. The van der Waals surface area contributed by atoms with E-state index in [-0.39, 0.29) is 5.82 Å².